The van der Waals surface area contributed by atoms with Gasteiger partial charge in [0.1, 0.15) is 0 Å². The van der Waals surface area contributed by atoms with E-state index in [-0.39, 0.29) is 24.4 Å². The van der Waals surface area contributed by atoms with Crippen molar-refractivity contribution >= 4 is 22.0 Å². The van der Waals surface area contributed by atoms with Gasteiger partial charge in [0.25, 0.3) is 0 Å². The summed E-state index contributed by atoms with van der Waals surface area (Å²) in [5.74, 6) is -0.289. The predicted molar refractivity (Wildman–Crippen MR) is 129 cm³/mol. The van der Waals surface area contributed by atoms with Crippen molar-refractivity contribution in [3.8, 4) is 5.88 Å². The fourth-order valence-electron chi connectivity index (χ4n) is 5.83. The third kappa shape index (κ3) is 4.69. The van der Waals surface area contributed by atoms with Gasteiger partial charge in [0.15, 0.2) is 0 Å². The number of rotatable bonds is 10. The monoisotopic (exact) mass is 572 g/mol. The van der Waals surface area contributed by atoms with Crippen molar-refractivity contribution in [2.75, 3.05) is 6.61 Å². The molecule has 0 aliphatic carbocycles. The molecule has 0 radical (unpaired) electrons. The van der Waals surface area contributed by atoms with Crippen molar-refractivity contribution in [2.24, 2.45) is 0 Å². The quantitative estimate of drug-likeness (QED) is 0.433. The molecular weight excluding hydrogens is 531 g/mol. The van der Waals surface area contributed by atoms with E-state index in [1.165, 1.54) is 0 Å². The predicted octanol–water partition coefficient (Wildman–Crippen LogP) is 3.40. The molecule has 1 unspecified atom stereocenters. The molecule has 1 aromatic rings. The van der Waals surface area contributed by atoms with Gasteiger partial charge in [-0.3, -0.25) is 0 Å². The second-order valence-corrected chi connectivity index (χ2v) is 23.4. The second kappa shape index (κ2) is 10.0. The summed E-state index contributed by atoms with van der Waals surface area (Å²) in [4.78, 5) is 29.3. The summed E-state index contributed by atoms with van der Waals surface area (Å²) >= 11 is -3.23. The zero-order chi connectivity index (χ0) is 23.8. The number of nitrogens with one attached hydrogen (secondary N) is 1. The van der Waals surface area contributed by atoms with Crippen molar-refractivity contribution in [2.45, 2.75) is 117 Å². The molecule has 4 rings (SSSR count). The Kier molecular flexibility index (Phi) is 7.68. The Hall–Kier alpha value is -0.841. The average molecular weight is 571 g/mol. The molecule has 2 fully saturated rings. The van der Waals surface area contributed by atoms with Gasteiger partial charge < -0.3 is 0 Å². The zero-order valence-electron chi connectivity index (χ0n) is 20.8. The van der Waals surface area contributed by atoms with E-state index in [1.54, 1.807) is 4.57 Å². The molecule has 3 aliphatic heterocycles. The van der Waals surface area contributed by atoms with E-state index in [1.807, 2.05) is 13.8 Å². The summed E-state index contributed by atoms with van der Waals surface area (Å²) in [6.07, 6.45) is 4.93. The Bertz CT molecular complexity index is 935. The van der Waals surface area contributed by atoms with E-state index in [9.17, 15) is 9.59 Å². The van der Waals surface area contributed by atoms with Crippen molar-refractivity contribution in [1.29, 1.82) is 0 Å². The fraction of sp³-hybridized carbons (Fsp3) is 0.833. The van der Waals surface area contributed by atoms with Crippen LogP contribution in [0.5, 0.6) is 5.88 Å². The summed E-state index contributed by atoms with van der Waals surface area (Å²) in [6, 6.07) is 0. The Morgan fingerprint density at radius 2 is 1.55 bits per heavy atom. The second-order valence-electron chi connectivity index (χ2n) is 10.3. The molecule has 0 spiro atoms. The van der Waals surface area contributed by atoms with Crippen LogP contribution in [-0.4, -0.2) is 58.6 Å². The van der Waals surface area contributed by atoms with Crippen LogP contribution in [-0.2, 0) is 14.2 Å². The van der Waals surface area contributed by atoms with Crippen LogP contribution in [0.15, 0.2) is 9.59 Å². The van der Waals surface area contributed by atoms with Gasteiger partial charge in [0, 0.05) is 0 Å². The first-order chi connectivity index (χ1) is 15.8. The van der Waals surface area contributed by atoms with E-state index in [2.05, 4.69) is 25.8 Å². The molecule has 4 heterocycles. The third-order valence-corrected chi connectivity index (χ3v) is 22.9. The number of hydrogen-bond acceptors (Lipinski definition) is 6. The maximum atomic E-state index is 13.5. The first-order valence-corrected chi connectivity index (χ1v) is 20.3. The van der Waals surface area contributed by atoms with Gasteiger partial charge in [-0.15, -0.1) is 0 Å². The van der Waals surface area contributed by atoms with Gasteiger partial charge in [0.05, 0.1) is 0 Å². The van der Waals surface area contributed by atoms with E-state index >= 15 is 0 Å². The van der Waals surface area contributed by atoms with Crippen LogP contribution < -0.4 is 19.6 Å². The summed E-state index contributed by atoms with van der Waals surface area (Å²) in [5.41, 5.74) is -0.719. The minimum absolute atomic E-state index is 0.233. The average Bonchev–Trinajstić information content (AvgIpc) is 3.16. The Morgan fingerprint density at radius 1 is 0.970 bits per heavy atom. The number of ether oxygens (including phenoxy) is 4. The molecule has 33 heavy (non-hydrogen) atoms. The molecule has 2 bridgehead atoms. The van der Waals surface area contributed by atoms with Crippen molar-refractivity contribution in [3.05, 3.63) is 20.8 Å². The topological polar surface area (TPSA) is 91.8 Å². The molecule has 2 saturated heterocycles. The summed E-state index contributed by atoms with van der Waals surface area (Å²) < 4.78 is 30.5. The molecular formula is C24H40N2O6Sn. The van der Waals surface area contributed by atoms with Crippen LogP contribution in [0.4, 0.5) is 0 Å². The number of aromatic nitrogens is 2. The summed E-state index contributed by atoms with van der Waals surface area (Å²) in [6.45, 7) is 10.6. The molecule has 3 aliphatic rings. The first kappa shape index (κ1) is 25.3. The van der Waals surface area contributed by atoms with E-state index < -0.39 is 42.2 Å². The number of nitrogens with zero attached hydrogens (tertiary/aromatic N) is 1. The van der Waals surface area contributed by atoms with Crippen LogP contribution in [0.25, 0.3) is 0 Å². The molecule has 1 N–H and O–H groups in total. The van der Waals surface area contributed by atoms with Crippen molar-refractivity contribution in [1.82, 2.24) is 9.55 Å². The normalized spacial score (nSPS) is 27.7. The Morgan fingerprint density at radius 3 is 2.12 bits per heavy atom. The number of hydrogen-bond donors (Lipinski definition) is 1. The SMILES string of the molecule is CCC[CH2][Sn]([CH2]CCC)([CH2]CCC)[c]1c2n(c(=O)[nH]c1=O)C1O[C@H](CO2)[C@H]2OC(C)(C)O[C@@H]12. The molecule has 0 aromatic carbocycles. The number of unbranched alkanes of at least 4 members (excludes halogenated alkanes) is 3. The molecule has 8 nitrogen and oxygen atoms in total. The summed E-state index contributed by atoms with van der Waals surface area (Å²) in [7, 11) is 0. The van der Waals surface area contributed by atoms with Crippen LogP contribution >= 0.6 is 0 Å². The van der Waals surface area contributed by atoms with Crippen molar-refractivity contribution < 1.29 is 18.9 Å². The Labute approximate surface area is 200 Å². The van der Waals surface area contributed by atoms with Crippen LogP contribution in [0.2, 0.25) is 13.3 Å². The molecule has 1 aromatic heterocycles. The zero-order valence-corrected chi connectivity index (χ0v) is 23.6. The fourth-order valence-corrected chi connectivity index (χ4v) is 22.3. The summed E-state index contributed by atoms with van der Waals surface area (Å²) in [5, 5.41) is 0. The van der Waals surface area contributed by atoms with Gasteiger partial charge >= 0.3 is 201 Å². The van der Waals surface area contributed by atoms with Gasteiger partial charge in [0.2, 0.25) is 0 Å². The van der Waals surface area contributed by atoms with Gasteiger partial charge in [-0.2, -0.15) is 0 Å². The number of fused-ring (bicyclic) bond motifs is 7. The molecule has 0 amide bonds. The molecule has 9 heteroatoms. The Balaban J connectivity index is 1.87. The molecule has 4 atom stereocenters. The molecule has 186 valence electrons. The van der Waals surface area contributed by atoms with E-state index in [0.29, 0.717) is 5.88 Å². The van der Waals surface area contributed by atoms with E-state index in [0.717, 1.165) is 55.4 Å². The van der Waals surface area contributed by atoms with Gasteiger partial charge in [-0.05, 0) is 0 Å². The van der Waals surface area contributed by atoms with Gasteiger partial charge in [-0.25, -0.2) is 0 Å². The third-order valence-electron chi connectivity index (χ3n) is 7.42. The minimum atomic E-state index is -3.23. The molecule has 0 saturated carbocycles. The van der Waals surface area contributed by atoms with Crippen LogP contribution in [0.3, 0.4) is 0 Å². The standard InChI is InChI=1S/C12H13N2O6.3C4H9.Sn/c1-12(2)19-8-5-4-17-7-3-6(15)13-11(16)14(7)10(18-5)9(8)20-12;3*1-3-4-2;/h5,8-10H,4H2,1-2H3,(H,13,15,16);3*1,3-4H2,2H3;/t5-,8-,9-,10?;;;;/m1..../s1. The number of aromatic amines is 1. The number of H-pyrrole nitrogens is 1. The van der Waals surface area contributed by atoms with Crippen molar-refractivity contribution in [3.63, 3.8) is 0 Å². The van der Waals surface area contributed by atoms with Crippen LogP contribution in [0.1, 0.15) is 79.4 Å². The van der Waals surface area contributed by atoms with Crippen LogP contribution in [0, 0.1) is 0 Å². The van der Waals surface area contributed by atoms with Gasteiger partial charge in [-0.1, -0.05) is 0 Å². The van der Waals surface area contributed by atoms with E-state index in [4.69, 9.17) is 18.9 Å². The maximum absolute atomic E-state index is 13.5. The first-order valence-electron chi connectivity index (χ1n) is 12.8.